The fourth-order valence-corrected chi connectivity index (χ4v) is 4.49. The van der Waals surface area contributed by atoms with E-state index in [9.17, 15) is 4.79 Å². The number of nitrogens with one attached hydrogen (secondary N) is 1. The molecule has 160 valence electrons. The lowest BCUT2D eigenvalue weighted by Gasteiger charge is -2.38. The summed E-state index contributed by atoms with van der Waals surface area (Å²) in [6.45, 7) is 10.2. The normalized spacial score (nSPS) is 17.9. The molecule has 2 aliphatic rings. The van der Waals surface area contributed by atoms with Crippen molar-refractivity contribution >= 4 is 17.3 Å². The number of amides is 1. The molecule has 2 aliphatic heterocycles. The lowest BCUT2D eigenvalue weighted by atomic mass is 10.1. The Bertz CT molecular complexity index is 839. The highest BCUT2D eigenvalue weighted by atomic mass is 16.5. The van der Waals surface area contributed by atoms with E-state index in [1.807, 2.05) is 17.0 Å². The highest BCUT2D eigenvalue weighted by Crippen LogP contribution is 2.21. The van der Waals surface area contributed by atoms with Crippen molar-refractivity contribution in [2.24, 2.45) is 0 Å². The van der Waals surface area contributed by atoms with E-state index in [2.05, 4.69) is 53.1 Å². The van der Waals surface area contributed by atoms with Gasteiger partial charge in [0.05, 0.1) is 33.3 Å². The Morgan fingerprint density at radius 1 is 0.900 bits per heavy atom. The number of aryl methyl sites for hydroxylation is 1. The number of quaternary nitrogens is 1. The van der Waals surface area contributed by atoms with E-state index < -0.39 is 0 Å². The van der Waals surface area contributed by atoms with Crippen molar-refractivity contribution in [1.82, 2.24) is 4.90 Å². The number of piperazine rings is 2. The van der Waals surface area contributed by atoms with Crippen LogP contribution in [0.5, 0.6) is 5.75 Å². The summed E-state index contributed by atoms with van der Waals surface area (Å²) < 4.78 is 5.24. The Kier molecular flexibility index (Phi) is 6.43. The first-order valence-electron chi connectivity index (χ1n) is 10.9. The monoisotopic (exact) mass is 409 g/mol. The molecule has 0 saturated carbocycles. The first-order chi connectivity index (χ1) is 14.6. The predicted molar refractivity (Wildman–Crippen MR) is 121 cm³/mol. The Morgan fingerprint density at radius 2 is 1.57 bits per heavy atom. The molecule has 30 heavy (non-hydrogen) atoms. The smallest absolute Gasteiger partial charge is 0.277 e. The Labute approximate surface area is 179 Å². The summed E-state index contributed by atoms with van der Waals surface area (Å²) in [6, 6.07) is 16.7. The molecular formula is C24H33N4O2+. The van der Waals surface area contributed by atoms with Crippen molar-refractivity contribution in [3.05, 3.63) is 54.1 Å². The molecule has 4 rings (SSSR count). The van der Waals surface area contributed by atoms with Gasteiger partial charge >= 0.3 is 0 Å². The van der Waals surface area contributed by atoms with Crippen molar-refractivity contribution < 1.29 is 14.4 Å². The van der Waals surface area contributed by atoms with Crippen LogP contribution in [0.4, 0.5) is 11.4 Å². The summed E-state index contributed by atoms with van der Waals surface area (Å²) in [5, 5.41) is 0. The third-order valence-corrected chi connectivity index (χ3v) is 6.40. The minimum absolute atomic E-state index is 0.295. The molecule has 2 aromatic rings. The van der Waals surface area contributed by atoms with E-state index in [0.717, 1.165) is 58.1 Å². The largest absolute Gasteiger partial charge is 0.497 e. The molecule has 0 radical (unpaired) electrons. The third-order valence-electron chi connectivity index (χ3n) is 6.40. The van der Waals surface area contributed by atoms with Gasteiger partial charge in [0.2, 0.25) is 0 Å². The fourth-order valence-electron chi connectivity index (χ4n) is 4.49. The molecule has 1 amide bonds. The van der Waals surface area contributed by atoms with E-state index in [4.69, 9.17) is 4.74 Å². The molecule has 2 fully saturated rings. The van der Waals surface area contributed by atoms with Crippen LogP contribution in [-0.2, 0) is 4.79 Å². The predicted octanol–water partition coefficient (Wildman–Crippen LogP) is 1.06. The van der Waals surface area contributed by atoms with Gasteiger partial charge in [0.1, 0.15) is 5.75 Å². The highest BCUT2D eigenvalue weighted by Gasteiger charge is 2.27. The summed E-state index contributed by atoms with van der Waals surface area (Å²) in [6.07, 6.45) is 0. The molecule has 6 nitrogen and oxygen atoms in total. The van der Waals surface area contributed by atoms with Crippen LogP contribution >= 0.6 is 0 Å². The number of carbonyl (C=O) groups is 1. The van der Waals surface area contributed by atoms with Crippen LogP contribution < -0.4 is 19.4 Å². The molecule has 6 heteroatoms. The van der Waals surface area contributed by atoms with Crippen LogP contribution in [0.1, 0.15) is 5.56 Å². The van der Waals surface area contributed by atoms with Crippen LogP contribution in [0, 0.1) is 6.92 Å². The molecule has 1 N–H and O–H groups in total. The molecule has 0 spiro atoms. The lowest BCUT2D eigenvalue weighted by Crippen LogP contribution is -3.16. The van der Waals surface area contributed by atoms with Crippen LogP contribution in [0.25, 0.3) is 0 Å². The minimum Gasteiger partial charge on any atom is -0.497 e. The molecule has 0 aliphatic carbocycles. The molecule has 2 saturated heterocycles. The van der Waals surface area contributed by atoms with Crippen LogP contribution in [0.3, 0.4) is 0 Å². The van der Waals surface area contributed by atoms with Crippen LogP contribution in [0.15, 0.2) is 48.5 Å². The van der Waals surface area contributed by atoms with Gasteiger partial charge in [0.15, 0.2) is 6.54 Å². The van der Waals surface area contributed by atoms with E-state index in [1.165, 1.54) is 21.8 Å². The van der Waals surface area contributed by atoms with Gasteiger partial charge in [-0.15, -0.1) is 0 Å². The fraction of sp³-hybridized carbons (Fsp3) is 0.458. The van der Waals surface area contributed by atoms with E-state index in [0.29, 0.717) is 12.5 Å². The number of methoxy groups -OCH3 is 1. The molecule has 0 bridgehead atoms. The van der Waals surface area contributed by atoms with E-state index in [1.54, 1.807) is 7.11 Å². The molecular weight excluding hydrogens is 376 g/mol. The molecule has 0 aromatic heterocycles. The van der Waals surface area contributed by atoms with Gasteiger partial charge in [-0.25, -0.2) is 0 Å². The van der Waals surface area contributed by atoms with Crippen molar-refractivity contribution in [1.29, 1.82) is 0 Å². The zero-order valence-electron chi connectivity index (χ0n) is 18.1. The highest BCUT2D eigenvalue weighted by molar-refractivity contribution is 5.77. The number of hydrogen-bond donors (Lipinski definition) is 1. The zero-order valence-corrected chi connectivity index (χ0v) is 18.1. The van der Waals surface area contributed by atoms with Gasteiger partial charge in [-0.1, -0.05) is 18.2 Å². The molecule has 0 unspecified atom stereocenters. The van der Waals surface area contributed by atoms with Gasteiger partial charge in [-0.2, -0.15) is 0 Å². The zero-order chi connectivity index (χ0) is 20.9. The number of rotatable bonds is 5. The number of anilines is 2. The van der Waals surface area contributed by atoms with Gasteiger partial charge in [0.25, 0.3) is 5.91 Å². The van der Waals surface area contributed by atoms with Crippen molar-refractivity contribution in [3.63, 3.8) is 0 Å². The average molecular weight is 410 g/mol. The first-order valence-corrected chi connectivity index (χ1v) is 10.9. The summed E-state index contributed by atoms with van der Waals surface area (Å²) in [5.41, 5.74) is 3.85. The minimum atomic E-state index is 0.295. The Balaban J connectivity index is 1.23. The van der Waals surface area contributed by atoms with Gasteiger partial charge < -0.3 is 24.3 Å². The summed E-state index contributed by atoms with van der Waals surface area (Å²) in [7, 11) is 1.68. The number of para-hydroxylation sites is 1. The average Bonchev–Trinajstić information content (AvgIpc) is 2.80. The van der Waals surface area contributed by atoms with Gasteiger partial charge in [-0.3, -0.25) is 4.79 Å². The second-order valence-corrected chi connectivity index (χ2v) is 8.27. The van der Waals surface area contributed by atoms with Crippen LogP contribution in [-0.4, -0.2) is 76.8 Å². The molecule has 2 heterocycles. The standard InChI is InChI=1S/C24H32N4O2/c1-20-5-3-4-6-23(20)27-13-11-25(12-14-27)19-24(29)28-17-15-26(16-18-28)21-7-9-22(30-2)10-8-21/h3-10H,11-19H2,1-2H3/p+1. The summed E-state index contributed by atoms with van der Waals surface area (Å²) in [4.78, 5) is 21.1. The second-order valence-electron chi connectivity index (χ2n) is 8.27. The Hall–Kier alpha value is -2.73. The van der Waals surface area contributed by atoms with Crippen molar-refractivity contribution in [2.45, 2.75) is 6.92 Å². The summed E-state index contributed by atoms with van der Waals surface area (Å²) in [5.74, 6) is 1.17. The number of ether oxygens (including phenoxy) is 1. The van der Waals surface area contributed by atoms with Crippen LogP contribution in [0.2, 0.25) is 0 Å². The maximum atomic E-state index is 12.9. The van der Waals surface area contributed by atoms with Gasteiger partial charge in [-0.05, 0) is 42.8 Å². The molecule has 2 aromatic carbocycles. The van der Waals surface area contributed by atoms with E-state index >= 15 is 0 Å². The number of benzene rings is 2. The topological polar surface area (TPSA) is 40.5 Å². The first kappa shape index (κ1) is 20.5. The maximum Gasteiger partial charge on any atom is 0.277 e. The second kappa shape index (κ2) is 9.39. The van der Waals surface area contributed by atoms with Crippen molar-refractivity contribution in [3.8, 4) is 5.75 Å². The number of carbonyl (C=O) groups excluding carboxylic acids is 1. The summed E-state index contributed by atoms with van der Waals surface area (Å²) >= 11 is 0. The molecule has 0 atom stereocenters. The number of hydrogen-bond acceptors (Lipinski definition) is 4. The quantitative estimate of drug-likeness (QED) is 0.802. The Morgan fingerprint density at radius 3 is 2.20 bits per heavy atom. The lowest BCUT2D eigenvalue weighted by molar-refractivity contribution is -0.892. The maximum absolute atomic E-state index is 12.9. The van der Waals surface area contributed by atoms with Crippen molar-refractivity contribution in [2.75, 3.05) is 75.8 Å². The number of nitrogens with zero attached hydrogens (tertiary/aromatic N) is 3. The SMILES string of the molecule is COc1ccc(N2CCN(C(=O)C[NH+]3CCN(c4ccccc4C)CC3)CC2)cc1. The third kappa shape index (κ3) is 4.70. The van der Waals surface area contributed by atoms with Gasteiger partial charge in [0, 0.05) is 37.6 Å². The van der Waals surface area contributed by atoms with E-state index in [-0.39, 0.29) is 0 Å².